The first-order valence-electron chi connectivity index (χ1n) is 3.46. The maximum absolute atomic E-state index is 11.1. The average molecular weight is 241 g/mol. The Bertz CT molecular complexity index is 326. The predicted octanol–water partition coefficient (Wildman–Crippen LogP) is -1.15. The van der Waals surface area contributed by atoms with Gasteiger partial charge in [-0.25, -0.2) is 9.52 Å². The molecule has 1 unspecified atom stereocenters. The van der Waals surface area contributed by atoms with Gasteiger partial charge in [-0.2, -0.15) is 13.1 Å². The highest BCUT2D eigenvalue weighted by molar-refractivity contribution is 7.88. The lowest BCUT2D eigenvalue weighted by molar-refractivity contribution is 0.177. The Hall–Kier alpha value is -0.930. The van der Waals surface area contributed by atoms with E-state index in [4.69, 9.17) is 5.73 Å². The van der Waals surface area contributed by atoms with E-state index >= 15 is 0 Å². The van der Waals surface area contributed by atoms with E-state index in [1.54, 1.807) is 4.72 Å². The normalized spacial score (nSPS) is 13.0. The van der Waals surface area contributed by atoms with E-state index in [-0.39, 0.29) is 4.99 Å². The molecule has 0 radical (unpaired) electrons. The fourth-order valence-electron chi connectivity index (χ4n) is 0.472. The topological polar surface area (TPSA) is 111 Å². The molecular weight excluding hydrogens is 230 g/mol. The van der Waals surface area contributed by atoms with Crippen molar-refractivity contribution in [3.8, 4) is 0 Å². The lowest BCUT2D eigenvalue weighted by Crippen LogP contribution is -2.48. The minimum absolute atomic E-state index is 0.0276. The zero-order valence-corrected chi connectivity index (χ0v) is 9.24. The molecule has 0 spiro atoms. The summed E-state index contributed by atoms with van der Waals surface area (Å²) in [5.41, 5.74) is 5.17. The van der Waals surface area contributed by atoms with Crippen LogP contribution in [0, 0.1) is 0 Å². The maximum atomic E-state index is 11.1. The second-order valence-electron chi connectivity index (χ2n) is 2.34. The molecule has 14 heavy (non-hydrogen) atoms. The lowest BCUT2D eigenvalue weighted by atomic mass is 10.4. The van der Waals surface area contributed by atoms with Crippen LogP contribution in [0.4, 0.5) is 4.79 Å². The molecule has 0 heterocycles. The van der Waals surface area contributed by atoms with Gasteiger partial charge in [0.05, 0.1) is 18.1 Å². The van der Waals surface area contributed by atoms with Crippen molar-refractivity contribution in [2.45, 2.75) is 13.0 Å². The number of rotatable bonds is 4. The zero-order chi connectivity index (χ0) is 11.4. The molecule has 1 atom stereocenters. The van der Waals surface area contributed by atoms with Crippen LogP contribution in [0.15, 0.2) is 0 Å². The molecule has 0 rings (SSSR count). The summed E-state index contributed by atoms with van der Waals surface area (Å²) in [6, 6.07) is -0.743. The highest BCUT2D eigenvalue weighted by atomic mass is 32.2. The SMILES string of the molecule is COC(=O)NS(=O)(=O)NC(C)C(N)=S. The van der Waals surface area contributed by atoms with Gasteiger partial charge < -0.3 is 10.5 Å². The van der Waals surface area contributed by atoms with Crippen LogP contribution in [0.3, 0.4) is 0 Å². The largest absolute Gasteiger partial charge is 0.452 e. The van der Waals surface area contributed by atoms with Crippen molar-refractivity contribution in [3.63, 3.8) is 0 Å². The Kier molecular flexibility index (Phi) is 4.74. The summed E-state index contributed by atoms with van der Waals surface area (Å²) in [5.74, 6) is 0. The van der Waals surface area contributed by atoms with Crippen molar-refractivity contribution in [1.29, 1.82) is 0 Å². The lowest BCUT2D eigenvalue weighted by Gasteiger charge is -2.12. The van der Waals surface area contributed by atoms with Gasteiger partial charge in [-0.05, 0) is 6.92 Å². The highest BCUT2D eigenvalue weighted by Crippen LogP contribution is 1.87. The zero-order valence-electron chi connectivity index (χ0n) is 7.60. The van der Waals surface area contributed by atoms with E-state index in [9.17, 15) is 13.2 Å². The Morgan fingerprint density at radius 3 is 2.43 bits per heavy atom. The fraction of sp³-hybridized carbons (Fsp3) is 0.600. The van der Waals surface area contributed by atoms with Crippen LogP contribution in [0.5, 0.6) is 0 Å². The Labute approximate surface area is 87.2 Å². The van der Waals surface area contributed by atoms with Gasteiger partial charge in [0, 0.05) is 0 Å². The van der Waals surface area contributed by atoms with Crippen molar-refractivity contribution >= 4 is 33.5 Å². The van der Waals surface area contributed by atoms with E-state index in [1.165, 1.54) is 6.92 Å². The van der Waals surface area contributed by atoms with Crippen molar-refractivity contribution in [1.82, 2.24) is 9.44 Å². The molecule has 82 valence electrons. The summed E-state index contributed by atoms with van der Waals surface area (Å²) >= 11 is 4.54. The van der Waals surface area contributed by atoms with E-state index in [0.717, 1.165) is 7.11 Å². The Morgan fingerprint density at radius 2 is 2.07 bits per heavy atom. The molecule has 0 saturated heterocycles. The number of hydrogen-bond acceptors (Lipinski definition) is 5. The number of nitrogens with one attached hydrogen (secondary N) is 2. The number of hydrogen-bond donors (Lipinski definition) is 3. The average Bonchev–Trinajstić information content (AvgIpc) is 2.02. The molecule has 7 nitrogen and oxygen atoms in total. The third-order valence-corrected chi connectivity index (χ3v) is 2.61. The molecule has 0 aliphatic heterocycles. The van der Waals surface area contributed by atoms with Crippen molar-refractivity contribution in [3.05, 3.63) is 0 Å². The van der Waals surface area contributed by atoms with Crippen LogP contribution in [-0.4, -0.2) is 32.7 Å². The van der Waals surface area contributed by atoms with Gasteiger partial charge >= 0.3 is 16.3 Å². The van der Waals surface area contributed by atoms with Crippen molar-refractivity contribution < 1.29 is 17.9 Å². The van der Waals surface area contributed by atoms with E-state index in [0.29, 0.717) is 0 Å². The van der Waals surface area contributed by atoms with Crippen LogP contribution in [0.25, 0.3) is 0 Å². The Morgan fingerprint density at radius 1 is 1.57 bits per heavy atom. The second-order valence-corrected chi connectivity index (χ2v) is 4.26. The van der Waals surface area contributed by atoms with Gasteiger partial charge in [-0.15, -0.1) is 0 Å². The standard InChI is InChI=1S/C5H11N3O4S2/c1-3(4(6)13)7-14(10,11)8-5(9)12-2/h3,7H,1-2H3,(H2,6,13)(H,8,9). The predicted molar refractivity (Wildman–Crippen MR) is 53.8 cm³/mol. The number of ether oxygens (including phenoxy) is 1. The van der Waals surface area contributed by atoms with Crippen molar-refractivity contribution in [2.24, 2.45) is 5.73 Å². The van der Waals surface area contributed by atoms with Crippen LogP contribution in [0.2, 0.25) is 0 Å². The van der Waals surface area contributed by atoms with Crippen LogP contribution in [-0.2, 0) is 14.9 Å². The minimum Gasteiger partial charge on any atom is -0.452 e. The van der Waals surface area contributed by atoms with Gasteiger partial charge in [0.25, 0.3) is 0 Å². The first-order valence-corrected chi connectivity index (χ1v) is 5.35. The number of thiocarbonyl (C=S) groups is 1. The maximum Gasteiger partial charge on any atom is 0.421 e. The molecule has 0 aliphatic carbocycles. The smallest absolute Gasteiger partial charge is 0.421 e. The van der Waals surface area contributed by atoms with Gasteiger partial charge in [-0.1, -0.05) is 12.2 Å². The first-order chi connectivity index (χ1) is 6.28. The molecule has 0 aliphatic rings. The summed E-state index contributed by atoms with van der Waals surface area (Å²) < 4.78 is 29.8. The third-order valence-electron chi connectivity index (χ3n) is 1.16. The molecule has 9 heteroatoms. The van der Waals surface area contributed by atoms with Crippen molar-refractivity contribution in [2.75, 3.05) is 7.11 Å². The molecule has 1 amide bonds. The summed E-state index contributed by atoms with van der Waals surface area (Å²) in [6.45, 7) is 1.44. The summed E-state index contributed by atoms with van der Waals surface area (Å²) in [5, 5.41) is 0. The number of amides is 1. The molecule has 0 aromatic heterocycles. The molecular formula is C5H11N3O4S2. The monoisotopic (exact) mass is 241 g/mol. The molecule has 4 N–H and O–H groups in total. The van der Waals surface area contributed by atoms with E-state index in [1.807, 2.05) is 4.72 Å². The number of methoxy groups -OCH3 is 1. The van der Waals surface area contributed by atoms with Crippen LogP contribution >= 0.6 is 12.2 Å². The fourth-order valence-corrected chi connectivity index (χ4v) is 1.56. The molecule has 0 saturated carbocycles. The summed E-state index contributed by atoms with van der Waals surface area (Å²) in [6.07, 6.45) is -1.09. The molecule has 0 aromatic carbocycles. The van der Waals surface area contributed by atoms with Crippen LogP contribution < -0.4 is 15.2 Å². The number of carbonyl (C=O) groups is 1. The van der Waals surface area contributed by atoms with Gasteiger partial charge in [0.2, 0.25) is 0 Å². The highest BCUT2D eigenvalue weighted by Gasteiger charge is 2.18. The van der Waals surface area contributed by atoms with E-state index in [2.05, 4.69) is 17.0 Å². The first kappa shape index (κ1) is 13.1. The Balaban J connectivity index is 4.36. The van der Waals surface area contributed by atoms with E-state index < -0.39 is 22.3 Å². The molecule has 0 aromatic rings. The van der Waals surface area contributed by atoms with Gasteiger partial charge in [0.15, 0.2) is 0 Å². The number of nitrogens with two attached hydrogens (primary N) is 1. The summed E-state index contributed by atoms with van der Waals surface area (Å²) in [7, 11) is -2.94. The minimum atomic E-state index is -3.98. The second kappa shape index (κ2) is 5.08. The molecule has 0 bridgehead atoms. The van der Waals surface area contributed by atoms with Crippen LogP contribution in [0.1, 0.15) is 6.92 Å². The summed E-state index contributed by atoms with van der Waals surface area (Å²) in [4.78, 5) is 10.5. The van der Waals surface area contributed by atoms with Gasteiger partial charge in [-0.3, -0.25) is 0 Å². The number of carbonyl (C=O) groups excluding carboxylic acids is 1. The van der Waals surface area contributed by atoms with Gasteiger partial charge in [0.1, 0.15) is 0 Å². The quantitative estimate of drug-likeness (QED) is 0.536. The third kappa shape index (κ3) is 4.94. The molecule has 0 fully saturated rings.